The van der Waals surface area contributed by atoms with Gasteiger partial charge >= 0.3 is 0 Å². The van der Waals surface area contributed by atoms with Crippen molar-refractivity contribution in [2.45, 2.75) is 45.4 Å². The van der Waals surface area contributed by atoms with Gasteiger partial charge in [-0.3, -0.25) is 4.79 Å². The zero-order chi connectivity index (χ0) is 14.2. The molecule has 0 atom stereocenters. The van der Waals surface area contributed by atoms with Gasteiger partial charge in [-0.2, -0.15) is 0 Å². The largest absolute Gasteiger partial charge is 0.351 e. The van der Waals surface area contributed by atoms with Crippen molar-refractivity contribution in [3.8, 4) is 0 Å². The lowest BCUT2D eigenvalue weighted by Gasteiger charge is -2.15. The van der Waals surface area contributed by atoms with Crippen LogP contribution >= 0.6 is 11.6 Å². The number of halogens is 1. The molecular weight excluding hydrogens is 272 g/mol. The van der Waals surface area contributed by atoms with E-state index in [-0.39, 0.29) is 5.91 Å². The quantitative estimate of drug-likeness (QED) is 0.814. The summed E-state index contributed by atoms with van der Waals surface area (Å²) in [7, 11) is 0. The highest BCUT2D eigenvalue weighted by molar-refractivity contribution is 6.29. The molecule has 0 saturated heterocycles. The van der Waals surface area contributed by atoms with Crippen LogP contribution in [0.5, 0.6) is 0 Å². The first-order chi connectivity index (χ1) is 9.63. The van der Waals surface area contributed by atoms with Crippen LogP contribution in [0.2, 0.25) is 5.15 Å². The molecule has 0 radical (unpaired) electrons. The molecule has 0 aliphatic heterocycles. The number of nitrogens with one attached hydrogen (secondary N) is 1. The Morgan fingerprint density at radius 3 is 2.80 bits per heavy atom. The summed E-state index contributed by atoms with van der Waals surface area (Å²) in [5.74, 6) is 0.845. The van der Waals surface area contributed by atoms with Crippen LogP contribution in [-0.2, 0) is 6.42 Å². The summed E-state index contributed by atoms with van der Waals surface area (Å²) >= 11 is 6.00. The van der Waals surface area contributed by atoms with Crippen LogP contribution in [0.15, 0.2) is 12.1 Å². The predicted molar refractivity (Wildman–Crippen MR) is 80.0 cm³/mol. The van der Waals surface area contributed by atoms with Crippen LogP contribution in [-0.4, -0.2) is 17.4 Å². The predicted octanol–water partition coefficient (Wildman–Crippen LogP) is 3.61. The fourth-order valence-corrected chi connectivity index (χ4v) is 3.24. The number of hydrogen-bond donors (Lipinski definition) is 1. The molecule has 1 aromatic heterocycles. The van der Waals surface area contributed by atoms with E-state index >= 15 is 0 Å². The van der Waals surface area contributed by atoms with Crippen LogP contribution in [0, 0.1) is 11.3 Å². The fourth-order valence-electron chi connectivity index (χ4n) is 3.01. The van der Waals surface area contributed by atoms with Gasteiger partial charge in [0.15, 0.2) is 0 Å². The van der Waals surface area contributed by atoms with E-state index in [9.17, 15) is 4.79 Å². The van der Waals surface area contributed by atoms with Crippen LogP contribution < -0.4 is 5.32 Å². The Balaban J connectivity index is 1.64. The van der Waals surface area contributed by atoms with Crippen LogP contribution in [0.25, 0.3) is 0 Å². The highest BCUT2D eigenvalue weighted by Gasteiger charge is 2.53. The maximum Gasteiger partial charge on any atom is 0.251 e. The Kier molecular flexibility index (Phi) is 3.72. The van der Waals surface area contributed by atoms with Crippen molar-refractivity contribution < 1.29 is 4.79 Å². The minimum Gasteiger partial charge on any atom is -0.351 e. The number of carbonyl (C=O) groups is 1. The van der Waals surface area contributed by atoms with Crippen LogP contribution in [0.1, 0.15) is 55.1 Å². The molecule has 1 heterocycles. The molecule has 3 rings (SSSR count). The number of amides is 1. The van der Waals surface area contributed by atoms with Crippen molar-refractivity contribution in [1.82, 2.24) is 10.3 Å². The van der Waals surface area contributed by atoms with Crippen LogP contribution in [0.4, 0.5) is 0 Å². The molecule has 0 aromatic carbocycles. The highest BCUT2D eigenvalue weighted by atomic mass is 35.5. The summed E-state index contributed by atoms with van der Waals surface area (Å²) < 4.78 is 0. The molecule has 20 heavy (non-hydrogen) atoms. The van der Waals surface area contributed by atoms with E-state index in [1.807, 2.05) is 6.07 Å². The van der Waals surface area contributed by atoms with Gasteiger partial charge in [0.25, 0.3) is 5.91 Å². The van der Waals surface area contributed by atoms with Gasteiger partial charge in [-0.25, -0.2) is 4.98 Å². The molecule has 2 fully saturated rings. The molecule has 0 bridgehead atoms. The van der Waals surface area contributed by atoms with Crippen molar-refractivity contribution >= 4 is 17.5 Å². The third-order valence-corrected chi connectivity index (χ3v) is 4.75. The van der Waals surface area contributed by atoms with Gasteiger partial charge in [0.2, 0.25) is 0 Å². The van der Waals surface area contributed by atoms with Gasteiger partial charge in [0.1, 0.15) is 5.15 Å². The van der Waals surface area contributed by atoms with E-state index in [0.29, 0.717) is 16.1 Å². The molecular formula is C16H21ClN2O. The Labute approximate surface area is 125 Å². The normalized spacial score (nSPS) is 19.7. The second-order valence-electron chi connectivity index (χ2n) is 6.24. The zero-order valence-electron chi connectivity index (χ0n) is 11.9. The molecule has 0 unspecified atom stereocenters. The Bertz CT molecular complexity index is 521. The number of rotatable bonds is 6. The third kappa shape index (κ3) is 2.98. The average Bonchev–Trinajstić information content (AvgIpc) is 3.27. The summed E-state index contributed by atoms with van der Waals surface area (Å²) in [4.78, 5) is 16.5. The number of aryl methyl sites for hydroxylation is 1. The topological polar surface area (TPSA) is 42.0 Å². The lowest BCUT2D eigenvalue weighted by molar-refractivity contribution is 0.0942. The van der Waals surface area contributed by atoms with E-state index in [2.05, 4.69) is 17.2 Å². The number of hydrogen-bond acceptors (Lipinski definition) is 2. The molecule has 108 valence electrons. The molecule has 1 amide bonds. The summed E-state index contributed by atoms with van der Waals surface area (Å²) in [6.45, 7) is 2.91. The first-order valence-electron chi connectivity index (χ1n) is 7.58. The monoisotopic (exact) mass is 292 g/mol. The first-order valence-corrected chi connectivity index (χ1v) is 7.95. The second kappa shape index (κ2) is 5.36. The molecule has 1 N–H and O–H groups in total. The Hall–Kier alpha value is -1.09. The van der Waals surface area contributed by atoms with Crippen molar-refractivity contribution in [3.05, 3.63) is 28.5 Å². The summed E-state index contributed by atoms with van der Waals surface area (Å²) in [6, 6.07) is 3.52. The number of carbonyl (C=O) groups excluding carboxylic acids is 1. The molecule has 0 spiro atoms. The lowest BCUT2D eigenvalue weighted by atomic mass is 10.0. The fraction of sp³-hybridized carbons (Fsp3) is 0.625. The first kappa shape index (κ1) is 13.9. The van der Waals surface area contributed by atoms with Gasteiger partial charge in [-0.05, 0) is 55.6 Å². The molecule has 2 aliphatic carbocycles. The number of aromatic nitrogens is 1. The average molecular weight is 293 g/mol. The van der Waals surface area contributed by atoms with Gasteiger partial charge in [-0.1, -0.05) is 24.9 Å². The molecule has 2 aliphatic rings. The van der Waals surface area contributed by atoms with Crippen molar-refractivity contribution in [1.29, 1.82) is 0 Å². The van der Waals surface area contributed by atoms with E-state index in [0.717, 1.165) is 31.0 Å². The van der Waals surface area contributed by atoms with Crippen LogP contribution in [0.3, 0.4) is 0 Å². The Morgan fingerprint density at radius 2 is 2.20 bits per heavy atom. The van der Waals surface area contributed by atoms with E-state index < -0.39 is 0 Å². The minimum atomic E-state index is -0.0152. The molecule has 4 heteroatoms. The summed E-state index contributed by atoms with van der Waals surface area (Å²) in [6.07, 6.45) is 7.09. The molecule has 1 aromatic rings. The maximum absolute atomic E-state index is 12.3. The molecule has 3 nitrogen and oxygen atoms in total. The zero-order valence-corrected chi connectivity index (χ0v) is 12.7. The lowest BCUT2D eigenvalue weighted by Crippen LogP contribution is -2.31. The van der Waals surface area contributed by atoms with E-state index in [1.54, 1.807) is 6.07 Å². The Morgan fingerprint density at radius 1 is 1.45 bits per heavy atom. The van der Waals surface area contributed by atoms with Gasteiger partial charge in [-0.15, -0.1) is 0 Å². The molecule has 2 saturated carbocycles. The van der Waals surface area contributed by atoms with E-state index in [4.69, 9.17) is 11.6 Å². The van der Waals surface area contributed by atoms with Crippen molar-refractivity contribution in [2.75, 3.05) is 6.54 Å². The van der Waals surface area contributed by atoms with Crippen molar-refractivity contribution in [2.24, 2.45) is 11.3 Å². The smallest absolute Gasteiger partial charge is 0.251 e. The third-order valence-electron chi connectivity index (χ3n) is 4.55. The summed E-state index contributed by atoms with van der Waals surface area (Å²) in [5.41, 5.74) is 1.96. The van der Waals surface area contributed by atoms with E-state index in [1.165, 1.54) is 25.7 Å². The number of pyridine rings is 1. The highest BCUT2D eigenvalue weighted by Crippen LogP contribution is 2.60. The summed E-state index contributed by atoms with van der Waals surface area (Å²) in [5, 5.41) is 3.50. The maximum atomic E-state index is 12.3. The van der Waals surface area contributed by atoms with Crippen molar-refractivity contribution in [3.63, 3.8) is 0 Å². The number of nitrogens with zero attached hydrogens (tertiary/aromatic N) is 1. The minimum absolute atomic E-state index is 0.0152. The van der Waals surface area contributed by atoms with Gasteiger partial charge in [0, 0.05) is 17.8 Å². The van der Waals surface area contributed by atoms with Gasteiger partial charge < -0.3 is 5.32 Å². The SMILES string of the molecule is CCCc1cc(C(=O)NCC2(C3CC3)CC2)cc(Cl)n1. The second-order valence-corrected chi connectivity index (χ2v) is 6.63. The van der Waals surface area contributed by atoms with Gasteiger partial charge in [0.05, 0.1) is 0 Å². The standard InChI is InChI=1S/C16H21ClN2O/c1-2-3-13-8-11(9-14(17)19-13)15(20)18-10-16(6-7-16)12-4-5-12/h8-9,12H,2-7,10H2,1H3,(H,18,20).